The molecule has 0 unspecified atom stereocenters. The number of carbonyl (C=O) groups is 1. The number of rotatable bonds is 2. The molecule has 0 aliphatic carbocycles. The standard InChI is InChI=1S/C14H11Cl2N3O2S/c1-22-14-18-12-10(13(21)19-14)7(5-9(20)17-12)6-3-2-4-8(15)11(6)16/h2-4,7H,5H2,1H3,(H2,17,18,19,20,21)/t7-/m1/s1. The first kappa shape index (κ1) is 15.4. The third-order valence-electron chi connectivity index (χ3n) is 3.48. The van der Waals surface area contributed by atoms with Gasteiger partial charge in [-0.3, -0.25) is 9.59 Å². The number of carbonyl (C=O) groups excluding carboxylic acids is 1. The van der Waals surface area contributed by atoms with Gasteiger partial charge in [0.1, 0.15) is 5.82 Å². The summed E-state index contributed by atoms with van der Waals surface area (Å²) in [4.78, 5) is 31.3. The molecule has 2 N–H and O–H groups in total. The van der Waals surface area contributed by atoms with Crippen LogP contribution in [-0.2, 0) is 4.79 Å². The normalized spacial score (nSPS) is 17.0. The first-order valence-corrected chi connectivity index (χ1v) is 8.41. The van der Waals surface area contributed by atoms with Crippen LogP contribution in [0, 0.1) is 0 Å². The van der Waals surface area contributed by atoms with Crippen molar-refractivity contribution in [1.29, 1.82) is 0 Å². The minimum absolute atomic E-state index is 0.121. The van der Waals surface area contributed by atoms with Crippen LogP contribution in [0.1, 0.15) is 23.5 Å². The summed E-state index contributed by atoms with van der Waals surface area (Å²) < 4.78 is 0. The average molecular weight is 356 g/mol. The van der Waals surface area contributed by atoms with Crippen LogP contribution in [0.5, 0.6) is 0 Å². The molecular formula is C14H11Cl2N3O2S. The second-order valence-corrected chi connectivity index (χ2v) is 6.37. The van der Waals surface area contributed by atoms with Crippen LogP contribution in [0.25, 0.3) is 0 Å². The number of hydrogen-bond donors (Lipinski definition) is 2. The number of H-pyrrole nitrogens is 1. The van der Waals surface area contributed by atoms with E-state index in [1.54, 1.807) is 24.5 Å². The summed E-state index contributed by atoms with van der Waals surface area (Å²) in [5.41, 5.74) is 0.770. The summed E-state index contributed by atoms with van der Waals surface area (Å²) in [5.74, 6) is -0.397. The molecule has 1 amide bonds. The van der Waals surface area contributed by atoms with Gasteiger partial charge in [0.05, 0.1) is 15.6 Å². The van der Waals surface area contributed by atoms with Crippen molar-refractivity contribution >= 4 is 46.7 Å². The van der Waals surface area contributed by atoms with Crippen LogP contribution in [-0.4, -0.2) is 22.1 Å². The number of fused-ring (bicyclic) bond motifs is 1. The molecule has 3 rings (SSSR count). The van der Waals surface area contributed by atoms with E-state index in [0.29, 0.717) is 26.3 Å². The lowest BCUT2D eigenvalue weighted by atomic mass is 9.87. The maximum Gasteiger partial charge on any atom is 0.257 e. The van der Waals surface area contributed by atoms with Crippen LogP contribution in [0.3, 0.4) is 0 Å². The minimum atomic E-state index is -0.470. The Bertz CT molecular complexity index is 822. The summed E-state index contributed by atoms with van der Waals surface area (Å²) in [6.07, 6.45) is 1.91. The predicted molar refractivity (Wildman–Crippen MR) is 88.2 cm³/mol. The molecule has 1 aromatic heterocycles. The van der Waals surface area contributed by atoms with E-state index in [1.165, 1.54) is 11.8 Å². The Balaban J connectivity index is 2.22. The fraction of sp³-hybridized carbons (Fsp3) is 0.214. The van der Waals surface area contributed by atoms with Gasteiger partial charge in [0, 0.05) is 12.3 Å². The van der Waals surface area contributed by atoms with Crippen molar-refractivity contribution in [3.63, 3.8) is 0 Å². The third-order valence-corrected chi connectivity index (χ3v) is 4.89. The van der Waals surface area contributed by atoms with Crippen LogP contribution in [0.2, 0.25) is 10.0 Å². The first-order chi connectivity index (χ1) is 10.5. The number of benzene rings is 1. The number of aromatic nitrogens is 2. The fourth-order valence-corrected chi connectivity index (χ4v) is 3.32. The zero-order valence-electron chi connectivity index (χ0n) is 11.4. The van der Waals surface area contributed by atoms with E-state index in [2.05, 4.69) is 15.3 Å². The van der Waals surface area contributed by atoms with Crippen molar-refractivity contribution < 1.29 is 4.79 Å². The molecule has 0 fully saturated rings. The van der Waals surface area contributed by atoms with Crippen molar-refractivity contribution in [1.82, 2.24) is 9.97 Å². The molecule has 0 spiro atoms. The van der Waals surface area contributed by atoms with Gasteiger partial charge in [-0.05, 0) is 17.9 Å². The minimum Gasteiger partial charge on any atom is -0.310 e. The van der Waals surface area contributed by atoms with Gasteiger partial charge in [0.2, 0.25) is 5.91 Å². The molecule has 1 atom stereocenters. The average Bonchev–Trinajstić information content (AvgIpc) is 2.48. The highest BCUT2D eigenvalue weighted by molar-refractivity contribution is 7.98. The van der Waals surface area contributed by atoms with E-state index < -0.39 is 5.92 Å². The Morgan fingerprint density at radius 2 is 2.09 bits per heavy atom. The molecule has 1 aliphatic rings. The van der Waals surface area contributed by atoms with Crippen LogP contribution < -0.4 is 10.9 Å². The summed E-state index contributed by atoms with van der Waals surface area (Å²) in [6, 6.07) is 5.17. The number of anilines is 1. The van der Waals surface area contributed by atoms with E-state index in [4.69, 9.17) is 23.2 Å². The summed E-state index contributed by atoms with van der Waals surface area (Å²) in [6.45, 7) is 0. The highest BCUT2D eigenvalue weighted by atomic mass is 35.5. The molecule has 114 valence electrons. The number of nitrogens with one attached hydrogen (secondary N) is 2. The quantitative estimate of drug-likeness (QED) is 0.640. The molecule has 0 bridgehead atoms. The van der Waals surface area contributed by atoms with Gasteiger partial charge in [-0.2, -0.15) is 0 Å². The molecular weight excluding hydrogens is 345 g/mol. The molecule has 0 radical (unpaired) electrons. The molecule has 2 aromatic rings. The van der Waals surface area contributed by atoms with E-state index in [-0.39, 0.29) is 23.7 Å². The van der Waals surface area contributed by atoms with Crippen molar-refractivity contribution in [2.75, 3.05) is 11.6 Å². The van der Waals surface area contributed by atoms with E-state index in [9.17, 15) is 9.59 Å². The number of aromatic amines is 1. The fourth-order valence-electron chi connectivity index (χ4n) is 2.50. The summed E-state index contributed by atoms with van der Waals surface area (Å²) in [7, 11) is 0. The number of halogens is 2. The number of hydrogen-bond acceptors (Lipinski definition) is 4. The highest BCUT2D eigenvalue weighted by Gasteiger charge is 2.32. The number of thioether (sulfide) groups is 1. The van der Waals surface area contributed by atoms with Gasteiger partial charge in [-0.25, -0.2) is 4.98 Å². The number of amides is 1. The largest absolute Gasteiger partial charge is 0.310 e. The molecule has 22 heavy (non-hydrogen) atoms. The van der Waals surface area contributed by atoms with Crippen LogP contribution in [0.4, 0.5) is 5.82 Å². The SMILES string of the molecule is CSc1nc2c(c(=O)[nH]1)[C@@H](c1cccc(Cl)c1Cl)CC(=O)N2. The smallest absolute Gasteiger partial charge is 0.257 e. The topological polar surface area (TPSA) is 74.8 Å². The first-order valence-electron chi connectivity index (χ1n) is 6.43. The molecule has 0 saturated carbocycles. The van der Waals surface area contributed by atoms with Crippen LogP contribution in [0.15, 0.2) is 28.2 Å². The monoisotopic (exact) mass is 355 g/mol. The summed E-state index contributed by atoms with van der Waals surface area (Å²) >= 11 is 13.6. The molecule has 1 aliphatic heterocycles. The maximum atomic E-state index is 12.4. The highest BCUT2D eigenvalue weighted by Crippen LogP contribution is 2.39. The maximum absolute atomic E-state index is 12.4. The van der Waals surface area contributed by atoms with Gasteiger partial charge in [0.15, 0.2) is 5.16 Å². The van der Waals surface area contributed by atoms with Gasteiger partial charge in [-0.1, -0.05) is 47.1 Å². The Hall–Kier alpha value is -1.50. The van der Waals surface area contributed by atoms with Gasteiger partial charge < -0.3 is 10.3 Å². The molecule has 1 aromatic carbocycles. The second kappa shape index (κ2) is 5.95. The Labute approximate surface area is 140 Å². The number of nitrogens with zero attached hydrogens (tertiary/aromatic N) is 1. The second-order valence-electron chi connectivity index (χ2n) is 4.79. The van der Waals surface area contributed by atoms with Crippen molar-refractivity contribution in [3.05, 3.63) is 49.7 Å². The molecule has 2 heterocycles. The van der Waals surface area contributed by atoms with Crippen molar-refractivity contribution in [2.24, 2.45) is 0 Å². The molecule has 8 heteroatoms. The van der Waals surface area contributed by atoms with Crippen LogP contribution >= 0.6 is 35.0 Å². The van der Waals surface area contributed by atoms with E-state index in [0.717, 1.165) is 0 Å². The molecule has 5 nitrogen and oxygen atoms in total. The van der Waals surface area contributed by atoms with Gasteiger partial charge in [-0.15, -0.1) is 0 Å². The lowest BCUT2D eigenvalue weighted by molar-refractivity contribution is -0.116. The van der Waals surface area contributed by atoms with E-state index in [1.807, 2.05) is 0 Å². The predicted octanol–water partition coefficient (Wildman–Crippen LogP) is 3.27. The lowest BCUT2D eigenvalue weighted by Crippen LogP contribution is -2.31. The van der Waals surface area contributed by atoms with Crippen molar-refractivity contribution in [2.45, 2.75) is 17.5 Å². The third kappa shape index (κ3) is 2.62. The zero-order chi connectivity index (χ0) is 15.9. The Morgan fingerprint density at radius 1 is 1.32 bits per heavy atom. The van der Waals surface area contributed by atoms with E-state index >= 15 is 0 Å². The zero-order valence-corrected chi connectivity index (χ0v) is 13.8. The van der Waals surface area contributed by atoms with Gasteiger partial charge in [0.25, 0.3) is 5.56 Å². The Kier molecular flexibility index (Phi) is 4.16. The Morgan fingerprint density at radius 3 is 2.82 bits per heavy atom. The van der Waals surface area contributed by atoms with Gasteiger partial charge >= 0.3 is 0 Å². The molecule has 0 saturated heterocycles. The van der Waals surface area contributed by atoms with Crippen molar-refractivity contribution in [3.8, 4) is 0 Å². The lowest BCUT2D eigenvalue weighted by Gasteiger charge is -2.25. The summed E-state index contributed by atoms with van der Waals surface area (Å²) in [5, 5.41) is 3.83.